The van der Waals surface area contributed by atoms with Crippen LogP contribution >= 0.6 is 0 Å². The standard InChI is InChI=1S/C16H24N4O/c1-11(2)20(3)8-4-7-18-16(21)15-10-12-9-13(17)5-6-14(12)19-15/h5-6,9-11,19H,4,7-8,17H2,1-3H3,(H,18,21). The minimum Gasteiger partial charge on any atom is -0.399 e. The van der Waals surface area contributed by atoms with Crippen LogP contribution in [0, 0.1) is 0 Å². The quantitative estimate of drug-likeness (QED) is 0.563. The van der Waals surface area contributed by atoms with Gasteiger partial charge in [0.25, 0.3) is 5.91 Å². The molecule has 0 fully saturated rings. The van der Waals surface area contributed by atoms with Crippen LogP contribution in [0.15, 0.2) is 24.3 Å². The van der Waals surface area contributed by atoms with Gasteiger partial charge in [0.05, 0.1) is 0 Å². The first-order chi connectivity index (χ1) is 9.97. The zero-order valence-corrected chi connectivity index (χ0v) is 12.9. The molecule has 0 unspecified atom stereocenters. The summed E-state index contributed by atoms with van der Waals surface area (Å²) in [5, 5.41) is 3.90. The number of hydrogen-bond acceptors (Lipinski definition) is 3. The summed E-state index contributed by atoms with van der Waals surface area (Å²) in [4.78, 5) is 17.5. The summed E-state index contributed by atoms with van der Waals surface area (Å²) in [7, 11) is 2.09. The number of carbonyl (C=O) groups excluding carboxylic acids is 1. The molecule has 1 heterocycles. The molecule has 5 nitrogen and oxygen atoms in total. The fourth-order valence-corrected chi connectivity index (χ4v) is 2.16. The highest BCUT2D eigenvalue weighted by molar-refractivity contribution is 5.98. The highest BCUT2D eigenvalue weighted by Crippen LogP contribution is 2.18. The van der Waals surface area contributed by atoms with Crippen molar-refractivity contribution in [2.75, 3.05) is 25.9 Å². The maximum atomic E-state index is 12.1. The fourth-order valence-electron chi connectivity index (χ4n) is 2.16. The molecule has 2 rings (SSSR count). The van der Waals surface area contributed by atoms with E-state index in [1.807, 2.05) is 24.3 Å². The molecule has 114 valence electrons. The van der Waals surface area contributed by atoms with E-state index in [0.717, 1.165) is 23.9 Å². The Morgan fingerprint density at radius 3 is 2.86 bits per heavy atom. The van der Waals surface area contributed by atoms with Crippen LogP contribution in [0.4, 0.5) is 5.69 Å². The predicted molar refractivity (Wildman–Crippen MR) is 87.4 cm³/mol. The first kappa shape index (κ1) is 15.4. The number of H-pyrrole nitrogens is 1. The third-order valence-electron chi connectivity index (χ3n) is 3.74. The van der Waals surface area contributed by atoms with Crippen LogP contribution in [0.5, 0.6) is 0 Å². The molecule has 1 amide bonds. The predicted octanol–water partition coefficient (Wildman–Crippen LogP) is 2.21. The van der Waals surface area contributed by atoms with Crippen LogP contribution < -0.4 is 11.1 Å². The van der Waals surface area contributed by atoms with Crippen LogP contribution in [-0.2, 0) is 0 Å². The maximum Gasteiger partial charge on any atom is 0.267 e. The van der Waals surface area contributed by atoms with E-state index in [4.69, 9.17) is 5.73 Å². The summed E-state index contributed by atoms with van der Waals surface area (Å²) in [5.74, 6) is -0.0722. The van der Waals surface area contributed by atoms with E-state index < -0.39 is 0 Å². The minimum absolute atomic E-state index is 0.0722. The number of nitrogens with zero attached hydrogens (tertiary/aromatic N) is 1. The van der Waals surface area contributed by atoms with Crippen molar-refractivity contribution in [3.05, 3.63) is 30.0 Å². The van der Waals surface area contributed by atoms with E-state index in [0.29, 0.717) is 24.0 Å². The number of amides is 1. The van der Waals surface area contributed by atoms with Gasteiger partial charge in [0.1, 0.15) is 5.69 Å². The van der Waals surface area contributed by atoms with Crippen LogP contribution in [0.3, 0.4) is 0 Å². The molecule has 0 spiro atoms. The molecule has 4 N–H and O–H groups in total. The van der Waals surface area contributed by atoms with E-state index in [2.05, 4.69) is 36.1 Å². The van der Waals surface area contributed by atoms with Gasteiger partial charge in [-0.05, 0) is 58.1 Å². The molecule has 1 aromatic carbocycles. The molecule has 0 radical (unpaired) electrons. The third kappa shape index (κ3) is 3.98. The second-order valence-electron chi connectivity index (χ2n) is 5.71. The summed E-state index contributed by atoms with van der Waals surface area (Å²) in [6, 6.07) is 7.93. The van der Waals surface area contributed by atoms with Gasteiger partial charge >= 0.3 is 0 Å². The number of benzene rings is 1. The average molecular weight is 288 g/mol. The van der Waals surface area contributed by atoms with Crippen molar-refractivity contribution in [2.24, 2.45) is 0 Å². The fraction of sp³-hybridized carbons (Fsp3) is 0.438. The Bertz CT molecular complexity index is 618. The van der Waals surface area contributed by atoms with Gasteiger partial charge in [0.15, 0.2) is 0 Å². The highest BCUT2D eigenvalue weighted by Gasteiger charge is 2.09. The molecule has 21 heavy (non-hydrogen) atoms. The van der Waals surface area contributed by atoms with E-state index in [1.165, 1.54) is 0 Å². The smallest absolute Gasteiger partial charge is 0.267 e. The van der Waals surface area contributed by atoms with Crippen LogP contribution in [-0.4, -0.2) is 42.0 Å². The number of aromatic nitrogens is 1. The third-order valence-corrected chi connectivity index (χ3v) is 3.74. The lowest BCUT2D eigenvalue weighted by molar-refractivity contribution is 0.0947. The molecule has 2 aromatic rings. The first-order valence-corrected chi connectivity index (χ1v) is 7.34. The van der Waals surface area contributed by atoms with Gasteiger partial charge in [-0.15, -0.1) is 0 Å². The van der Waals surface area contributed by atoms with Crippen LogP contribution in [0.25, 0.3) is 10.9 Å². The van der Waals surface area contributed by atoms with Crippen molar-refractivity contribution in [1.29, 1.82) is 0 Å². The molecule has 5 heteroatoms. The van der Waals surface area contributed by atoms with Gasteiger partial charge in [-0.3, -0.25) is 4.79 Å². The minimum atomic E-state index is -0.0722. The largest absolute Gasteiger partial charge is 0.399 e. The molecule has 0 bridgehead atoms. The van der Waals surface area contributed by atoms with Crippen molar-refractivity contribution in [3.8, 4) is 0 Å². The van der Waals surface area contributed by atoms with E-state index in [1.54, 1.807) is 0 Å². The summed E-state index contributed by atoms with van der Waals surface area (Å²) < 4.78 is 0. The average Bonchev–Trinajstić information content (AvgIpc) is 2.85. The zero-order valence-electron chi connectivity index (χ0n) is 12.9. The normalized spacial score (nSPS) is 11.5. The van der Waals surface area contributed by atoms with Crippen molar-refractivity contribution in [3.63, 3.8) is 0 Å². The number of hydrogen-bond donors (Lipinski definition) is 3. The molecule has 0 atom stereocenters. The van der Waals surface area contributed by atoms with Gasteiger partial charge in [-0.2, -0.15) is 0 Å². The Morgan fingerprint density at radius 1 is 1.38 bits per heavy atom. The Hall–Kier alpha value is -2.01. The van der Waals surface area contributed by atoms with Crippen LogP contribution in [0.1, 0.15) is 30.8 Å². The number of nitrogen functional groups attached to an aromatic ring is 1. The second kappa shape index (κ2) is 6.63. The van der Waals surface area contributed by atoms with Crippen molar-refractivity contribution in [2.45, 2.75) is 26.3 Å². The van der Waals surface area contributed by atoms with Gasteiger partial charge in [-0.25, -0.2) is 0 Å². The molecule has 0 saturated heterocycles. The van der Waals surface area contributed by atoms with Gasteiger partial charge in [-0.1, -0.05) is 0 Å². The SMILES string of the molecule is CC(C)N(C)CCCNC(=O)c1cc2cc(N)ccc2[nH]1. The second-order valence-corrected chi connectivity index (χ2v) is 5.71. The van der Waals surface area contributed by atoms with Crippen molar-refractivity contribution in [1.82, 2.24) is 15.2 Å². The lowest BCUT2D eigenvalue weighted by Crippen LogP contribution is -2.31. The Morgan fingerprint density at radius 2 is 2.14 bits per heavy atom. The summed E-state index contributed by atoms with van der Waals surface area (Å²) in [6.07, 6.45) is 0.938. The Kier molecular flexibility index (Phi) is 4.85. The molecule has 0 saturated carbocycles. The molecule has 0 aliphatic heterocycles. The van der Waals surface area contributed by atoms with Gasteiger partial charge < -0.3 is 20.9 Å². The lowest BCUT2D eigenvalue weighted by Gasteiger charge is -2.20. The van der Waals surface area contributed by atoms with E-state index in [9.17, 15) is 4.79 Å². The molecule has 0 aliphatic rings. The van der Waals surface area contributed by atoms with E-state index in [-0.39, 0.29) is 5.91 Å². The molecule has 1 aromatic heterocycles. The number of nitrogens with one attached hydrogen (secondary N) is 2. The summed E-state index contributed by atoms with van der Waals surface area (Å²) in [5.41, 5.74) is 7.94. The first-order valence-electron chi connectivity index (χ1n) is 7.34. The topological polar surface area (TPSA) is 74.2 Å². The number of aromatic amines is 1. The Labute approximate surface area is 125 Å². The number of rotatable bonds is 6. The van der Waals surface area contributed by atoms with Crippen molar-refractivity contribution >= 4 is 22.5 Å². The zero-order chi connectivity index (χ0) is 15.4. The highest BCUT2D eigenvalue weighted by atomic mass is 16.1. The molecular formula is C16H24N4O. The van der Waals surface area contributed by atoms with Crippen molar-refractivity contribution < 1.29 is 4.79 Å². The van der Waals surface area contributed by atoms with E-state index >= 15 is 0 Å². The number of anilines is 1. The van der Waals surface area contributed by atoms with Crippen LogP contribution in [0.2, 0.25) is 0 Å². The summed E-state index contributed by atoms with van der Waals surface area (Å²) >= 11 is 0. The number of fused-ring (bicyclic) bond motifs is 1. The molecular weight excluding hydrogens is 264 g/mol. The molecule has 0 aliphatic carbocycles. The number of nitrogens with two attached hydrogens (primary N) is 1. The van der Waals surface area contributed by atoms with Gasteiger partial charge in [0.2, 0.25) is 0 Å². The lowest BCUT2D eigenvalue weighted by atomic mass is 10.2. The summed E-state index contributed by atoms with van der Waals surface area (Å²) in [6.45, 7) is 5.97. The van der Waals surface area contributed by atoms with Gasteiger partial charge in [0, 0.05) is 29.2 Å². The maximum absolute atomic E-state index is 12.1. The Balaban J connectivity index is 1.87. The number of carbonyl (C=O) groups is 1. The monoisotopic (exact) mass is 288 g/mol.